The summed E-state index contributed by atoms with van der Waals surface area (Å²) in [7, 11) is 0. The van der Waals surface area contributed by atoms with Crippen LogP contribution in [0.4, 0.5) is 5.69 Å². The number of aryl methyl sites for hydroxylation is 1. The van der Waals surface area contributed by atoms with Crippen LogP contribution in [0, 0.1) is 0 Å². The van der Waals surface area contributed by atoms with Crippen molar-refractivity contribution in [2.24, 2.45) is 0 Å². The highest BCUT2D eigenvalue weighted by atomic mass is 35.5. The predicted molar refractivity (Wildman–Crippen MR) is 79.5 cm³/mol. The van der Waals surface area contributed by atoms with E-state index in [1.807, 2.05) is 24.3 Å². The van der Waals surface area contributed by atoms with Gasteiger partial charge in [0, 0.05) is 10.7 Å². The number of benzene rings is 2. The Balaban J connectivity index is 1.84. The molecule has 1 unspecified atom stereocenters. The van der Waals surface area contributed by atoms with E-state index in [0.717, 1.165) is 23.6 Å². The normalized spacial score (nSPS) is 16.8. The maximum absolute atomic E-state index is 11.0. The van der Waals surface area contributed by atoms with Crippen LogP contribution in [0.25, 0.3) is 0 Å². The lowest BCUT2D eigenvalue weighted by molar-refractivity contribution is 0.0697. The van der Waals surface area contributed by atoms with Crippen LogP contribution in [0.5, 0.6) is 0 Å². The highest BCUT2D eigenvalue weighted by molar-refractivity contribution is 6.30. The van der Waals surface area contributed by atoms with Crippen molar-refractivity contribution in [2.75, 3.05) is 5.32 Å². The molecule has 1 aliphatic carbocycles. The number of rotatable bonds is 3. The summed E-state index contributed by atoms with van der Waals surface area (Å²) in [4.78, 5) is 11.0. The Morgan fingerprint density at radius 2 is 2.10 bits per heavy atom. The van der Waals surface area contributed by atoms with Gasteiger partial charge in [0.2, 0.25) is 0 Å². The van der Waals surface area contributed by atoms with E-state index in [1.54, 1.807) is 18.2 Å². The van der Waals surface area contributed by atoms with E-state index in [9.17, 15) is 4.79 Å². The summed E-state index contributed by atoms with van der Waals surface area (Å²) in [5, 5.41) is 13.2. The summed E-state index contributed by atoms with van der Waals surface area (Å²) in [6.07, 6.45) is 1.99. The number of hydrogen-bond donors (Lipinski definition) is 2. The van der Waals surface area contributed by atoms with Gasteiger partial charge in [-0.05, 0) is 54.3 Å². The molecule has 0 saturated heterocycles. The molecule has 0 spiro atoms. The van der Waals surface area contributed by atoms with E-state index >= 15 is 0 Å². The van der Waals surface area contributed by atoms with Crippen LogP contribution in [-0.4, -0.2) is 11.1 Å². The predicted octanol–water partition coefficient (Wildman–Crippen LogP) is 4.14. The van der Waals surface area contributed by atoms with Crippen LogP contribution in [0.3, 0.4) is 0 Å². The minimum atomic E-state index is -0.910. The van der Waals surface area contributed by atoms with Gasteiger partial charge in [-0.3, -0.25) is 0 Å². The summed E-state index contributed by atoms with van der Waals surface area (Å²) in [6.45, 7) is 0. The fourth-order valence-corrected chi connectivity index (χ4v) is 2.87. The van der Waals surface area contributed by atoms with Crippen molar-refractivity contribution in [2.45, 2.75) is 18.9 Å². The van der Waals surface area contributed by atoms with E-state index in [-0.39, 0.29) is 6.04 Å². The molecule has 20 heavy (non-hydrogen) atoms. The Kier molecular flexibility index (Phi) is 3.36. The Morgan fingerprint density at radius 1 is 1.25 bits per heavy atom. The molecule has 0 saturated carbocycles. The molecule has 0 heterocycles. The third kappa shape index (κ3) is 2.49. The van der Waals surface area contributed by atoms with Crippen LogP contribution in [0.15, 0.2) is 42.5 Å². The first-order valence-corrected chi connectivity index (χ1v) is 6.89. The first-order valence-electron chi connectivity index (χ1n) is 6.52. The van der Waals surface area contributed by atoms with Crippen molar-refractivity contribution in [3.8, 4) is 0 Å². The number of carboxylic acid groups (broad SMARTS) is 1. The molecule has 1 atom stereocenters. The van der Waals surface area contributed by atoms with Gasteiger partial charge in [0.05, 0.1) is 11.6 Å². The van der Waals surface area contributed by atoms with E-state index < -0.39 is 5.97 Å². The van der Waals surface area contributed by atoms with E-state index in [1.165, 1.54) is 11.1 Å². The van der Waals surface area contributed by atoms with Crippen molar-refractivity contribution in [1.82, 2.24) is 0 Å². The average molecular weight is 288 g/mol. The fourth-order valence-electron chi connectivity index (χ4n) is 2.68. The van der Waals surface area contributed by atoms with Crippen LogP contribution in [0.1, 0.15) is 33.9 Å². The second-order valence-electron chi connectivity index (χ2n) is 4.96. The lowest BCUT2D eigenvalue weighted by Crippen LogP contribution is -2.08. The SMILES string of the molecule is O=C(O)c1cccc(NC2CCc3cc(Cl)ccc32)c1. The molecule has 2 N–H and O–H groups in total. The maximum atomic E-state index is 11.0. The van der Waals surface area contributed by atoms with Crippen molar-refractivity contribution < 1.29 is 9.90 Å². The lowest BCUT2D eigenvalue weighted by atomic mass is 10.1. The third-order valence-electron chi connectivity index (χ3n) is 3.63. The summed E-state index contributed by atoms with van der Waals surface area (Å²) in [6, 6.07) is 13.1. The minimum absolute atomic E-state index is 0.214. The Bertz CT molecular complexity index is 669. The third-order valence-corrected chi connectivity index (χ3v) is 3.87. The Labute approximate surface area is 122 Å². The summed E-state index contributed by atoms with van der Waals surface area (Å²) < 4.78 is 0. The van der Waals surface area contributed by atoms with Crippen molar-refractivity contribution in [3.63, 3.8) is 0 Å². The van der Waals surface area contributed by atoms with E-state index in [0.29, 0.717) is 5.56 Å². The summed E-state index contributed by atoms with van der Waals surface area (Å²) in [5.41, 5.74) is 3.64. The zero-order valence-electron chi connectivity index (χ0n) is 10.8. The van der Waals surface area contributed by atoms with Gasteiger partial charge in [-0.25, -0.2) is 4.79 Å². The standard InChI is InChI=1S/C16H14ClNO2/c17-12-5-6-14-10(8-12)4-7-15(14)18-13-3-1-2-11(9-13)16(19)20/h1-3,5-6,8-9,15,18H,4,7H2,(H,19,20). The fraction of sp³-hybridized carbons (Fsp3) is 0.188. The number of anilines is 1. The monoisotopic (exact) mass is 287 g/mol. The molecule has 102 valence electrons. The van der Waals surface area contributed by atoms with Gasteiger partial charge >= 0.3 is 5.97 Å². The molecule has 2 aromatic carbocycles. The number of halogens is 1. The van der Waals surface area contributed by atoms with Gasteiger partial charge in [-0.15, -0.1) is 0 Å². The number of hydrogen-bond acceptors (Lipinski definition) is 2. The van der Waals surface area contributed by atoms with Gasteiger partial charge in [-0.2, -0.15) is 0 Å². The summed E-state index contributed by atoms with van der Waals surface area (Å²) >= 11 is 6.00. The molecule has 0 amide bonds. The second-order valence-corrected chi connectivity index (χ2v) is 5.40. The Hall–Kier alpha value is -2.00. The molecule has 0 bridgehead atoms. The van der Waals surface area contributed by atoms with Gasteiger partial charge in [0.15, 0.2) is 0 Å². The minimum Gasteiger partial charge on any atom is -0.478 e. The topological polar surface area (TPSA) is 49.3 Å². The molecule has 2 aromatic rings. The Morgan fingerprint density at radius 3 is 2.90 bits per heavy atom. The van der Waals surface area contributed by atoms with Crippen molar-refractivity contribution >= 4 is 23.3 Å². The zero-order chi connectivity index (χ0) is 14.1. The van der Waals surface area contributed by atoms with Gasteiger partial charge in [0.1, 0.15) is 0 Å². The van der Waals surface area contributed by atoms with Gasteiger partial charge in [-0.1, -0.05) is 23.7 Å². The number of nitrogens with one attached hydrogen (secondary N) is 1. The highest BCUT2D eigenvalue weighted by Crippen LogP contribution is 2.35. The first-order chi connectivity index (χ1) is 9.63. The van der Waals surface area contributed by atoms with E-state index in [4.69, 9.17) is 16.7 Å². The molecule has 1 aliphatic rings. The molecule has 0 radical (unpaired) electrons. The maximum Gasteiger partial charge on any atom is 0.335 e. The molecular formula is C16H14ClNO2. The van der Waals surface area contributed by atoms with Crippen LogP contribution >= 0.6 is 11.6 Å². The molecule has 3 nitrogen and oxygen atoms in total. The van der Waals surface area contributed by atoms with Crippen molar-refractivity contribution in [1.29, 1.82) is 0 Å². The second kappa shape index (κ2) is 5.17. The average Bonchev–Trinajstić information content (AvgIpc) is 2.81. The molecular weight excluding hydrogens is 274 g/mol. The molecule has 0 aromatic heterocycles. The smallest absolute Gasteiger partial charge is 0.335 e. The number of fused-ring (bicyclic) bond motifs is 1. The quantitative estimate of drug-likeness (QED) is 0.892. The number of carboxylic acids is 1. The van der Waals surface area contributed by atoms with Gasteiger partial charge in [0.25, 0.3) is 0 Å². The zero-order valence-corrected chi connectivity index (χ0v) is 11.5. The summed E-state index contributed by atoms with van der Waals surface area (Å²) in [5.74, 6) is -0.910. The van der Waals surface area contributed by atoms with Gasteiger partial charge < -0.3 is 10.4 Å². The van der Waals surface area contributed by atoms with E-state index in [2.05, 4.69) is 5.32 Å². The lowest BCUT2D eigenvalue weighted by Gasteiger charge is -2.16. The first kappa shape index (κ1) is 13.0. The van der Waals surface area contributed by atoms with Crippen LogP contribution in [0.2, 0.25) is 5.02 Å². The van der Waals surface area contributed by atoms with Crippen molar-refractivity contribution in [3.05, 3.63) is 64.2 Å². The molecule has 0 aliphatic heterocycles. The van der Waals surface area contributed by atoms with Crippen LogP contribution in [-0.2, 0) is 6.42 Å². The van der Waals surface area contributed by atoms with Crippen LogP contribution < -0.4 is 5.32 Å². The molecule has 0 fully saturated rings. The largest absolute Gasteiger partial charge is 0.478 e. The number of aromatic carboxylic acids is 1. The highest BCUT2D eigenvalue weighted by Gasteiger charge is 2.22. The molecule has 4 heteroatoms. The number of carbonyl (C=O) groups is 1. The molecule has 3 rings (SSSR count).